The second kappa shape index (κ2) is 8.31. The summed E-state index contributed by atoms with van der Waals surface area (Å²) >= 11 is 0. The molecule has 2 heteroatoms. The predicted octanol–water partition coefficient (Wildman–Crippen LogP) is 3.35. The van der Waals surface area contributed by atoms with Crippen LogP contribution in [0.3, 0.4) is 0 Å². The molecule has 0 saturated heterocycles. The number of benzene rings is 1. The van der Waals surface area contributed by atoms with E-state index in [1.165, 1.54) is 5.56 Å². The van der Waals surface area contributed by atoms with E-state index >= 15 is 0 Å². The summed E-state index contributed by atoms with van der Waals surface area (Å²) in [5.74, 6) is 0. The van der Waals surface area contributed by atoms with Gasteiger partial charge in [-0.3, -0.25) is 0 Å². The Morgan fingerprint density at radius 2 is 1.56 bits per heavy atom. The maximum absolute atomic E-state index is 5.52. The van der Waals surface area contributed by atoms with Crippen molar-refractivity contribution < 1.29 is 4.74 Å². The summed E-state index contributed by atoms with van der Waals surface area (Å²) < 4.78 is 5.52. The van der Waals surface area contributed by atoms with E-state index in [4.69, 9.17) is 4.74 Å². The molecule has 92 valence electrons. The van der Waals surface area contributed by atoms with Crippen molar-refractivity contribution in [3.8, 4) is 0 Å². The van der Waals surface area contributed by atoms with E-state index in [9.17, 15) is 0 Å². The molecule has 0 saturated carbocycles. The van der Waals surface area contributed by atoms with Crippen LogP contribution in [0, 0.1) is 0 Å². The lowest BCUT2D eigenvalue weighted by atomic mass is 10.0. The van der Waals surface area contributed by atoms with Crippen molar-refractivity contribution in [2.24, 2.45) is 0 Å². The van der Waals surface area contributed by atoms with E-state index in [2.05, 4.69) is 38.1 Å². The van der Waals surface area contributed by atoms with E-state index in [1.54, 1.807) is 7.11 Å². The Morgan fingerprint density at radius 1 is 1.06 bits per heavy atom. The highest BCUT2D eigenvalue weighted by atomic mass is 16.5. The van der Waals surface area contributed by atoms with E-state index in [0.717, 1.165) is 0 Å². The first-order valence-corrected chi connectivity index (χ1v) is 5.91. The molecule has 2 nitrogen and oxygen atoms in total. The summed E-state index contributed by atoms with van der Waals surface area (Å²) in [6, 6.07) is 10.7. The zero-order chi connectivity index (χ0) is 12.6. The summed E-state index contributed by atoms with van der Waals surface area (Å²) in [5.41, 5.74) is 1.23. The number of methoxy groups -OCH3 is 1. The van der Waals surface area contributed by atoms with Crippen LogP contribution in [0.25, 0.3) is 0 Å². The van der Waals surface area contributed by atoms with E-state index in [-0.39, 0.29) is 6.10 Å². The van der Waals surface area contributed by atoms with Crippen molar-refractivity contribution in [2.75, 3.05) is 21.2 Å². The monoisotopic (exact) mass is 223 g/mol. The second-order valence-corrected chi connectivity index (χ2v) is 3.77. The molecule has 16 heavy (non-hydrogen) atoms. The van der Waals surface area contributed by atoms with Crippen molar-refractivity contribution in [3.05, 3.63) is 35.9 Å². The van der Waals surface area contributed by atoms with Crippen molar-refractivity contribution in [1.29, 1.82) is 0 Å². The smallest absolute Gasteiger partial charge is 0.0973 e. The summed E-state index contributed by atoms with van der Waals surface area (Å²) in [4.78, 5) is 2.17. The molecule has 0 amide bonds. The van der Waals surface area contributed by atoms with Crippen LogP contribution in [-0.2, 0) is 4.74 Å². The van der Waals surface area contributed by atoms with Crippen molar-refractivity contribution >= 4 is 0 Å². The molecule has 0 aliphatic rings. The first-order chi connectivity index (χ1) is 7.66. The quantitative estimate of drug-likeness (QED) is 0.776. The fourth-order valence-corrected chi connectivity index (χ4v) is 1.53. The Morgan fingerprint density at radius 3 is 1.94 bits per heavy atom. The Kier molecular flexibility index (Phi) is 7.86. The molecule has 0 radical (unpaired) electrons. The Balaban J connectivity index is 0.00000106. The molecule has 1 rings (SSSR count). The van der Waals surface area contributed by atoms with Crippen LogP contribution >= 0.6 is 0 Å². The molecule has 0 spiro atoms. The molecule has 1 aromatic rings. The van der Waals surface area contributed by atoms with Gasteiger partial charge in [0.15, 0.2) is 0 Å². The number of rotatable bonds is 4. The fourth-order valence-electron chi connectivity index (χ4n) is 1.53. The van der Waals surface area contributed by atoms with Gasteiger partial charge in [-0.1, -0.05) is 44.2 Å². The third-order valence-electron chi connectivity index (χ3n) is 2.63. The number of hydrogen-bond donors (Lipinski definition) is 0. The molecule has 1 aromatic carbocycles. The molecule has 0 aliphatic heterocycles. The minimum absolute atomic E-state index is 0.145. The molecule has 0 aliphatic carbocycles. The first-order valence-electron chi connectivity index (χ1n) is 5.91. The van der Waals surface area contributed by atoms with E-state index in [1.807, 2.05) is 32.0 Å². The van der Waals surface area contributed by atoms with Gasteiger partial charge >= 0.3 is 0 Å². The molecular formula is C14H25NO. The lowest BCUT2D eigenvalue weighted by molar-refractivity contribution is 0.0388. The topological polar surface area (TPSA) is 12.5 Å². The van der Waals surface area contributed by atoms with Crippen LogP contribution < -0.4 is 0 Å². The third kappa shape index (κ3) is 4.33. The van der Waals surface area contributed by atoms with Crippen LogP contribution in [0.2, 0.25) is 0 Å². The van der Waals surface area contributed by atoms with Crippen LogP contribution in [0.1, 0.15) is 32.4 Å². The SMILES string of the molecule is CC.COC(c1ccccc1)C(C)N(C)C. The van der Waals surface area contributed by atoms with Gasteiger partial charge in [0, 0.05) is 13.2 Å². The van der Waals surface area contributed by atoms with E-state index < -0.39 is 0 Å². The standard InChI is InChI=1S/C12H19NO.C2H6/c1-10(13(2)3)12(14-4)11-8-6-5-7-9-11;1-2/h5-10,12H,1-4H3;1-2H3. The van der Waals surface area contributed by atoms with E-state index in [0.29, 0.717) is 6.04 Å². The van der Waals surface area contributed by atoms with Crippen LogP contribution in [0.15, 0.2) is 30.3 Å². The van der Waals surface area contributed by atoms with Gasteiger partial charge in [-0.2, -0.15) is 0 Å². The van der Waals surface area contributed by atoms with Gasteiger partial charge in [-0.15, -0.1) is 0 Å². The average molecular weight is 223 g/mol. The maximum Gasteiger partial charge on any atom is 0.0973 e. The molecule has 0 aromatic heterocycles. The third-order valence-corrected chi connectivity index (χ3v) is 2.63. The first kappa shape index (κ1) is 15.1. The summed E-state index contributed by atoms with van der Waals surface area (Å²) in [7, 11) is 5.90. The lowest BCUT2D eigenvalue weighted by Gasteiger charge is -2.28. The predicted molar refractivity (Wildman–Crippen MR) is 70.7 cm³/mol. The lowest BCUT2D eigenvalue weighted by Crippen LogP contribution is -2.32. The van der Waals surface area contributed by atoms with Gasteiger partial charge in [-0.05, 0) is 26.6 Å². The zero-order valence-electron chi connectivity index (χ0n) is 11.4. The largest absolute Gasteiger partial charge is 0.375 e. The van der Waals surface area contributed by atoms with Gasteiger partial charge < -0.3 is 9.64 Å². The Labute approximate surface area is 100 Å². The minimum Gasteiger partial charge on any atom is -0.375 e. The van der Waals surface area contributed by atoms with Crippen LogP contribution in [-0.4, -0.2) is 32.1 Å². The van der Waals surface area contributed by atoms with Crippen molar-refractivity contribution in [2.45, 2.75) is 32.9 Å². The van der Waals surface area contributed by atoms with Crippen molar-refractivity contribution in [1.82, 2.24) is 4.90 Å². The Hall–Kier alpha value is -0.860. The van der Waals surface area contributed by atoms with Crippen LogP contribution in [0.5, 0.6) is 0 Å². The number of likely N-dealkylation sites (N-methyl/N-ethyl adjacent to an activating group) is 1. The minimum atomic E-state index is 0.145. The number of nitrogens with zero attached hydrogens (tertiary/aromatic N) is 1. The molecule has 2 unspecified atom stereocenters. The molecular weight excluding hydrogens is 198 g/mol. The molecule has 0 bridgehead atoms. The normalized spacial score (nSPS) is 13.9. The highest BCUT2D eigenvalue weighted by Crippen LogP contribution is 2.22. The van der Waals surface area contributed by atoms with Gasteiger partial charge in [0.05, 0.1) is 6.10 Å². The highest BCUT2D eigenvalue weighted by molar-refractivity contribution is 5.18. The van der Waals surface area contributed by atoms with Gasteiger partial charge in [0.25, 0.3) is 0 Å². The Bertz CT molecular complexity index is 259. The van der Waals surface area contributed by atoms with Gasteiger partial charge in [0.1, 0.15) is 0 Å². The highest BCUT2D eigenvalue weighted by Gasteiger charge is 2.19. The zero-order valence-corrected chi connectivity index (χ0v) is 11.4. The van der Waals surface area contributed by atoms with Gasteiger partial charge in [0.2, 0.25) is 0 Å². The average Bonchev–Trinajstić information content (AvgIpc) is 2.33. The summed E-state index contributed by atoms with van der Waals surface area (Å²) in [5, 5.41) is 0. The summed E-state index contributed by atoms with van der Waals surface area (Å²) in [6.07, 6.45) is 0.145. The number of hydrogen-bond acceptors (Lipinski definition) is 2. The fraction of sp³-hybridized carbons (Fsp3) is 0.571. The van der Waals surface area contributed by atoms with Crippen LogP contribution in [0.4, 0.5) is 0 Å². The summed E-state index contributed by atoms with van der Waals surface area (Å²) in [6.45, 7) is 6.17. The molecule has 2 atom stereocenters. The second-order valence-electron chi connectivity index (χ2n) is 3.77. The molecule has 0 N–H and O–H groups in total. The molecule has 0 heterocycles. The molecule has 0 fully saturated rings. The maximum atomic E-state index is 5.52. The number of ether oxygens (including phenoxy) is 1. The van der Waals surface area contributed by atoms with Gasteiger partial charge in [-0.25, -0.2) is 0 Å². The van der Waals surface area contributed by atoms with Crippen molar-refractivity contribution in [3.63, 3.8) is 0 Å².